The number of carbonyl (C=O) groups is 2. The molecule has 0 aromatic heterocycles. The average Bonchev–Trinajstić information content (AvgIpc) is 2.64. The number of nitrogens with one attached hydrogen (secondary N) is 1. The number of hydrogen-bond acceptors (Lipinski definition) is 5. The Kier molecular flexibility index (Phi) is 7.98. The van der Waals surface area contributed by atoms with Gasteiger partial charge in [0.1, 0.15) is 0 Å². The van der Waals surface area contributed by atoms with Crippen LogP contribution < -0.4 is 14.8 Å². The monoisotopic (exact) mass is 411 g/mol. The van der Waals surface area contributed by atoms with Crippen molar-refractivity contribution in [3.63, 3.8) is 0 Å². The van der Waals surface area contributed by atoms with Gasteiger partial charge in [0.15, 0.2) is 17.6 Å². The predicted molar refractivity (Wildman–Crippen MR) is 108 cm³/mol. The van der Waals surface area contributed by atoms with Crippen LogP contribution in [0.1, 0.15) is 63.7 Å². The minimum absolute atomic E-state index is 0.102. The van der Waals surface area contributed by atoms with Crippen molar-refractivity contribution in [2.24, 2.45) is 5.92 Å². The molecule has 1 fully saturated rings. The first-order valence-corrected chi connectivity index (χ1v) is 10.2. The largest absolute Gasteiger partial charge is 0.493 e. The zero-order chi connectivity index (χ0) is 20.8. The summed E-state index contributed by atoms with van der Waals surface area (Å²) in [4.78, 5) is 24.9. The molecule has 7 heteroatoms. The van der Waals surface area contributed by atoms with Gasteiger partial charge in [-0.05, 0) is 51.7 Å². The molecule has 1 aromatic carbocycles. The summed E-state index contributed by atoms with van der Waals surface area (Å²) in [5.41, 5.74) is 0.198. The molecule has 6 nitrogen and oxygen atoms in total. The Morgan fingerprint density at radius 2 is 1.86 bits per heavy atom. The molecule has 0 saturated heterocycles. The van der Waals surface area contributed by atoms with Gasteiger partial charge in [0, 0.05) is 6.04 Å². The summed E-state index contributed by atoms with van der Waals surface area (Å²) in [7, 11) is 1.47. The lowest BCUT2D eigenvalue weighted by molar-refractivity contribution is -0.130. The minimum Gasteiger partial charge on any atom is -0.493 e. The van der Waals surface area contributed by atoms with Crippen molar-refractivity contribution in [1.82, 2.24) is 5.32 Å². The van der Waals surface area contributed by atoms with Crippen molar-refractivity contribution in [3.05, 3.63) is 22.7 Å². The lowest BCUT2D eigenvalue weighted by Crippen LogP contribution is -2.45. The Bertz CT molecular complexity index is 706. The van der Waals surface area contributed by atoms with E-state index in [9.17, 15) is 9.59 Å². The third-order valence-electron chi connectivity index (χ3n) is 4.91. The van der Waals surface area contributed by atoms with Crippen LogP contribution in [0.15, 0.2) is 12.1 Å². The van der Waals surface area contributed by atoms with Crippen LogP contribution in [0.5, 0.6) is 11.5 Å². The average molecular weight is 412 g/mol. The Balaban J connectivity index is 2.04. The normalized spacial score (nSPS) is 20.4. The first-order valence-electron chi connectivity index (χ1n) is 9.78. The van der Waals surface area contributed by atoms with Gasteiger partial charge in [0.05, 0.1) is 23.8 Å². The molecular formula is C21H30ClNO5. The van der Waals surface area contributed by atoms with E-state index in [0.29, 0.717) is 17.4 Å². The maximum Gasteiger partial charge on any atom is 0.339 e. The Morgan fingerprint density at radius 1 is 1.18 bits per heavy atom. The molecule has 0 spiro atoms. The van der Waals surface area contributed by atoms with E-state index in [4.69, 9.17) is 25.8 Å². The molecule has 1 aromatic rings. The van der Waals surface area contributed by atoms with E-state index in [-0.39, 0.29) is 28.6 Å². The molecule has 0 bridgehead atoms. The summed E-state index contributed by atoms with van der Waals surface area (Å²) in [5, 5.41) is 3.25. The third-order valence-corrected chi connectivity index (χ3v) is 5.19. The fourth-order valence-corrected chi connectivity index (χ4v) is 3.56. The van der Waals surface area contributed by atoms with Crippen molar-refractivity contribution in [2.75, 3.05) is 7.11 Å². The lowest BCUT2D eigenvalue weighted by Gasteiger charge is -2.30. The van der Waals surface area contributed by atoms with Crippen LogP contribution in [0.2, 0.25) is 5.02 Å². The molecule has 0 radical (unpaired) electrons. The van der Waals surface area contributed by atoms with Gasteiger partial charge in [-0.1, -0.05) is 31.4 Å². The summed E-state index contributed by atoms with van der Waals surface area (Å²) < 4.78 is 16.3. The molecule has 0 aliphatic heterocycles. The number of halogens is 1. The Morgan fingerprint density at radius 3 is 2.46 bits per heavy atom. The maximum absolute atomic E-state index is 12.5. The second-order valence-corrected chi connectivity index (χ2v) is 7.99. The van der Waals surface area contributed by atoms with Gasteiger partial charge in [-0.2, -0.15) is 0 Å². The van der Waals surface area contributed by atoms with Crippen molar-refractivity contribution in [1.29, 1.82) is 0 Å². The number of carbonyl (C=O) groups excluding carboxylic acids is 2. The van der Waals surface area contributed by atoms with Gasteiger partial charge in [0.25, 0.3) is 5.91 Å². The van der Waals surface area contributed by atoms with Crippen LogP contribution >= 0.6 is 11.6 Å². The molecule has 28 heavy (non-hydrogen) atoms. The quantitative estimate of drug-likeness (QED) is 0.674. The second kappa shape index (κ2) is 10.0. The van der Waals surface area contributed by atoms with Crippen LogP contribution in [0.25, 0.3) is 0 Å². The number of amides is 1. The fourth-order valence-electron chi connectivity index (χ4n) is 3.30. The topological polar surface area (TPSA) is 73.9 Å². The van der Waals surface area contributed by atoms with Crippen molar-refractivity contribution >= 4 is 23.5 Å². The van der Waals surface area contributed by atoms with Gasteiger partial charge in [-0.15, -0.1) is 0 Å². The number of methoxy groups -OCH3 is 1. The zero-order valence-electron chi connectivity index (χ0n) is 17.2. The van der Waals surface area contributed by atoms with Crippen molar-refractivity contribution < 1.29 is 23.8 Å². The van der Waals surface area contributed by atoms with Crippen LogP contribution in [0.4, 0.5) is 0 Å². The van der Waals surface area contributed by atoms with Crippen molar-refractivity contribution in [2.45, 2.75) is 71.6 Å². The molecule has 1 amide bonds. The lowest BCUT2D eigenvalue weighted by atomic mass is 9.86. The highest BCUT2D eigenvalue weighted by molar-refractivity contribution is 6.32. The standard InChI is InChI=1S/C21H30ClNO5/c1-12(2)27-19-16(22)10-15(11-18(19)26-5)21(25)28-14(4)20(24)23-17-9-7-6-8-13(17)3/h10-14,17H,6-9H2,1-5H3,(H,23,24)/t13-,14+,17+/m0/s1. The van der Waals surface area contributed by atoms with Gasteiger partial charge in [-0.25, -0.2) is 4.79 Å². The maximum atomic E-state index is 12.5. The summed E-state index contributed by atoms with van der Waals surface area (Å²) in [6, 6.07) is 3.09. The molecule has 0 unspecified atom stereocenters. The van der Waals surface area contributed by atoms with Crippen LogP contribution in [0.3, 0.4) is 0 Å². The van der Waals surface area contributed by atoms with Crippen LogP contribution in [-0.4, -0.2) is 37.2 Å². The van der Waals surface area contributed by atoms with Crippen LogP contribution in [0, 0.1) is 5.92 Å². The van der Waals surface area contributed by atoms with Gasteiger partial charge >= 0.3 is 5.97 Å². The SMILES string of the molecule is COc1cc(C(=O)O[C@H](C)C(=O)N[C@@H]2CCCC[C@@H]2C)cc(Cl)c1OC(C)C. The van der Waals surface area contributed by atoms with E-state index in [1.54, 1.807) is 6.92 Å². The smallest absolute Gasteiger partial charge is 0.339 e. The highest BCUT2D eigenvalue weighted by atomic mass is 35.5. The molecule has 1 aliphatic rings. The van der Waals surface area contributed by atoms with Gasteiger partial charge in [0.2, 0.25) is 0 Å². The number of esters is 1. The Hall–Kier alpha value is -1.95. The number of hydrogen-bond donors (Lipinski definition) is 1. The molecule has 1 N–H and O–H groups in total. The number of benzene rings is 1. The number of rotatable bonds is 7. The zero-order valence-corrected chi connectivity index (χ0v) is 18.0. The third kappa shape index (κ3) is 5.77. The van der Waals surface area contributed by atoms with Crippen LogP contribution in [-0.2, 0) is 9.53 Å². The Labute approximate surface area is 171 Å². The van der Waals surface area contributed by atoms with E-state index in [0.717, 1.165) is 19.3 Å². The van der Waals surface area contributed by atoms with Crippen molar-refractivity contribution in [3.8, 4) is 11.5 Å². The van der Waals surface area contributed by atoms with E-state index in [1.807, 2.05) is 13.8 Å². The number of ether oxygens (including phenoxy) is 3. The molecule has 1 saturated carbocycles. The van der Waals surface area contributed by atoms with Gasteiger partial charge < -0.3 is 19.5 Å². The molecule has 156 valence electrons. The summed E-state index contributed by atoms with van der Waals surface area (Å²) in [5.74, 6) is 0.201. The predicted octanol–water partition coefficient (Wildman–Crippen LogP) is 4.38. The van der Waals surface area contributed by atoms with E-state index < -0.39 is 12.1 Å². The molecule has 0 heterocycles. The summed E-state index contributed by atoms with van der Waals surface area (Å²) >= 11 is 6.25. The molecule has 3 atom stereocenters. The van der Waals surface area contributed by atoms with E-state index >= 15 is 0 Å². The molecule has 1 aliphatic carbocycles. The fraction of sp³-hybridized carbons (Fsp3) is 0.619. The van der Waals surface area contributed by atoms with Gasteiger partial charge in [-0.3, -0.25) is 4.79 Å². The first-order chi connectivity index (χ1) is 13.2. The highest BCUT2D eigenvalue weighted by Gasteiger charge is 2.27. The first kappa shape index (κ1) is 22.3. The molecule has 2 rings (SSSR count). The summed E-state index contributed by atoms with van der Waals surface area (Å²) in [6.07, 6.45) is 3.34. The van der Waals surface area contributed by atoms with E-state index in [2.05, 4.69) is 12.2 Å². The van der Waals surface area contributed by atoms with E-state index in [1.165, 1.54) is 25.7 Å². The molecular weight excluding hydrogens is 382 g/mol. The minimum atomic E-state index is -0.905. The summed E-state index contributed by atoms with van der Waals surface area (Å²) in [6.45, 7) is 7.43. The second-order valence-electron chi connectivity index (χ2n) is 7.58. The highest BCUT2D eigenvalue weighted by Crippen LogP contribution is 2.37.